The average Bonchev–Trinajstić information content (AvgIpc) is 2.60. The second-order valence-corrected chi connectivity index (χ2v) is 4.50. The molecule has 0 aromatic rings. The van der Waals surface area contributed by atoms with Gasteiger partial charge in [0.25, 0.3) is 0 Å². The molecule has 0 spiro atoms. The molecule has 0 heteroatoms. The Morgan fingerprint density at radius 2 is 1.69 bits per heavy atom. The average molecular weight is 208 g/mol. The Balaban J connectivity index is 2.10. The number of hydrogen-bond acceptors (Lipinski definition) is 0. The van der Waals surface area contributed by atoms with E-state index in [-0.39, 0.29) is 0 Å². The van der Waals surface area contributed by atoms with Crippen LogP contribution in [0.1, 0.15) is 31.2 Å². The van der Waals surface area contributed by atoms with Gasteiger partial charge in [0.2, 0.25) is 0 Å². The molecule has 3 rings (SSSR count). The summed E-state index contributed by atoms with van der Waals surface area (Å²) in [6.07, 6.45) is 7.62. The molecule has 0 saturated carbocycles. The maximum absolute atomic E-state index is 2.42. The van der Waals surface area contributed by atoms with Gasteiger partial charge in [-0.15, -0.1) is 0 Å². The van der Waals surface area contributed by atoms with Crippen molar-refractivity contribution < 1.29 is 0 Å². The van der Waals surface area contributed by atoms with E-state index in [9.17, 15) is 0 Å². The highest BCUT2D eigenvalue weighted by molar-refractivity contribution is 5.84. The Hall–Kier alpha value is -1.56. The van der Waals surface area contributed by atoms with Crippen molar-refractivity contribution in [3.05, 3.63) is 54.1 Å². The van der Waals surface area contributed by atoms with Crippen molar-refractivity contribution in [3.8, 4) is 11.1 Å². The van der Waals surface area contributed by atoms with Crippen molar-refractivity contribution in [1.29, 1.82) is 0 Å². The van der Waals surface area contributed by atoms with Crippen LogP contribution in [0.4, 0.5) is 0 Å². The molecule has 0 aromatic carbocycles. The Bertz CT molecular complexity index is 493. The van der Waals surface area contributed by atoms with Crippen LogP contribution in [0.25, 0.3) is 16.7 Å². The van der Waals surface area contributed by atoms with E-state index < -0.39 is 0 Å². The molecular weight excluding hydrogens is 192 g/mol. The number of hydrogen-bond donors (Lipinski definition) is 0. The molecule has 3 aliphatic carbocycles. The molecule has 0 aliphatic heterocycles. The van der Waals surface area contributed by atoms with Crippen molar-refractivity contribution in [2.24, 2.45) is 0 Å². The SMILES string of the molecule is C1=C(c2ccc3cccccc2-3)CCCC1. The van der Waals surface area contributed by atoms with E-state index in [1.807, 2.05) is 0 Å². The van der Waals surface area contributed by atoms with Crippen LogP contribution in [0, 0.1) is 0 Å². The van der Waals surface area contributed by atoms with Crippen LogP contribution in [-0.2, 0) is 0 Å². The van der Waals surface area contributed by atoms with Gasteiger partial charge in [0.1, 0.15) is 0 Å². The monoisotopic (exact) mass is 208 g/mol. The molecule has 0 amide bonds. The van der Waals surface area contributed by atoms with Gasteiger partial charge in [-0.1, -0.05) is 48.5 Å². The lowest BCUT2D eigenvalue weighted by Gasteiger charge is -2.12. The predicted octanol–water partition coefficient (Wildman–Crippen LogP) is 4.75. The van der Waals surface area contributed by atoms with Gasteiger partial charge in [-0.05, 0) is 47.9 Å². The molecule has 16 heavy (non-hydrogen) atoms. The van der Waals surface area contributed by atoms with Crippen molar-refractivity contribution in [3.63, 3.8) is 0 Å². The van der Waals surface area contributed by atoms with Crippen molar-refractivity contribution in [1.82, 2.24) is 0 Å². The summed E-state index contributed by atoms with van der Waals surface area (Å²) >= 11 is 0. The van der Waals surface area contributed by atoms with Crippen molar-refractivity contribution in [2.45, 2.75) is 25.7 Å². The third kappa shape index (κ3) is 1.65. The van der Waals surface area contributed by atoms with Gasteiger partial charge in [-0.3, -0.25) is 0 Å². The Kier molecular flexibility index (Phi) is 2.49. The van der Waals surface area contributed by atoms with Crippen LogP contribution < -0.4 is 0 Å². The minimum absolute atomic E-state index is 1.25. The highest BCUT2D eigenvalue weighted by Gasteiger charge is 2.13. The Morgan fingerprint density at radius 1 is 0.750 bits per heavy atom. The second kappa shape index (κ2) is 4.13. The molecule has 0 nitrogen and oxygen atoms in total. The van der Waals surface area contributed by atoms with Crippen LogP contribution in [-0.4, -0.2) is 0 Å². The molecule has 0 heterocycles. The molecule has 0 unspecified atom stereocenters. The predicted molar refractivity (Wildman–Crippen MR) is 69.5 cm³/mol. The Labute approximate surface area is 97.0 Å². The van der Waals surface area contributed by atoms with Gasteiger partial charge in [0.05, 0.1) is 0 Å². The fraction of sp³-hybridized carbons (Fsp3) is 0.250. The molecule has 0 fully saturated rings. The van der Waals surface area contributed by atoms with E-state index in [2.05, 4.69) is 48.5 Å². The molecular formula is C16H16. The van der Waals surface area contributed by atoms with Gasteiger partial charge in [-0.25, -0.2) is 0 Å². The van der Waals surface area contributed by atoms with Gasteiger partial charge in [0, 0.05) is 0 Å². The van der Waals surface area contributed by atoms with Crippen LogP contribution >= 0.6 is 0 Å². The largest absolute Gasteiger partial charge is 0.0807 e. The number of rotatable bonds is 1. The molecule has 0 aromatic heterocycles. The lowest BCUT2D eigenvalue weighted by atomic mass is 9.92. The molecule has 0 radical (unpaired) electrons. The first-order chi connectivity index (χ1) is 7.95. The third-order valence-corrected chi connectivity index (χ3v) is 3.43. The molecule has 0 N–H and O–H groups in total. The van der Waals surface area contributed by atoms with Gasteiger partial charge in [0.15, 0.2) is 0 Å². The van der Waals surface area contributed by atoms with Crippen LogP contribution in [0.15, 0.2) is 48.5 Å². The first kappa shape index (κ1) is 9.65. The highest BCUT2D eigenvalue weighted by atomic mass is 14.2. The summed E-state index contributed by atoms with van der Waals surface area (Å²) in [5.74, 6) is 0. The third-order valence-electron chi connectivity index (χ3n) is 3.43. The first-order valence-corrected chi connectivity index (χ1v) is 6.12. The second-order valence-electron chi connectivity index (χ2n) is 4.50. The quantitative estimate of drug-likeness (QED) is 0.634. The molecule has 0 saturated heterocycles. The summed E-state index contributed by atoms with van der Waals surface area (Å²) in [6, 6.07) is 15.3. The van der Waals surface area contributed by atoms with Crippen molar-refractivity contribution >= 4 is 5.57 Å². The molecule has 0 atom stereocenters. The zero-order chi connectivity index (χ0) is 10.8. The maximum Gasteiger partial charge on any atom is -0.0109 e. The van der Waals surface area contributed by atoms with Gasteiger partial charge >= 0.3 is 0 Å². The lowest BCUT2D eigenvalue weighted by Crippen LogP contribution is -1.91. The van der Waals surface area contributed by atoms with Crippen LogP contribution in [0.2, 0.25) is 0 Å². The highest BCUT2D eigenvalue weighted by Crippen LogP contribution is 2.36. The van der Waals surface area contributed by atoms with Crippen LogP contribution in [0.3, 0.4) is 0 Å². The molecule has 0 bridgehead atoms. The molecule has 80 valence electrons. The fourth-order valence-corrected chi connectivity index (χ4v) is 2.58. The summed E-state index contributed by atoms with van der Waals surface area (Å²) in [7, 11) is 0. The zero-order valence-corrected chi connectivity index (χ0v) is 9.45. The van der Waals surface area contributed by atoms with Crippen LogP contribution in [0.5, 0.6) is 0 Å². The zero-order valence-electron chi connectivity index (χ0n) is 9.45. The van der Waals surface area contributed by atoms with E-state index >= 15 is 0 Å². The lowest BCUT2D eigenvalue weighted by molar-refractivity contribution is 0.742. The van der Waals surface area contributed by atoms with E-state index in [1.54, 1.807) is 5.57 Å². The van der Waals surface area contributed by atoms with E-state index in [1.165, 1.54) is 42.4 Å². The number of fused-ring (bicyclic) bond motifs is 1. The smallest absolute Gasteiger partial charge is 0.0109 e. The van der Waals surface area contributed by atoms with E-state index in [0.717, 1.165) is 0 Å². The van der Waals surface area contributed by atoms with Gasteiger partial charge in [-0.2, -0.15) is 0 Å². The standard InChI is InChI=1S/C16H16/c1-3-7-13(8-4-1)16-12-11-14-9-5-2-6-10-15(14)16/h2,5-7,9-12H,1,3-4,8H2. The minimum atomic E-state index is 1.25. The summed E-state index contributed by atoms with van der Waals surface area (Å²) < 4.78 is 0. The first-order valence-electron chi connectivity index (χ1n) is 6.12. The van der Waals surface area contributed by atoms with Gasteiger partial charge < -0.3 is 0 Å². The summed E-state index contributed by atoms with van der Waals surface area (Å²) in [5.41, 5.74) is 5.75. The van der Waals surface area contributed by atoms with E-state index in [0.29, 0.717) is 0 Å². The maximum atomic E-state index is 2.42. The fourth-order valence-electron chi connectivity index (χ4n) is 2.58. The summed E-state index contributed by atoms with van der Waals surface area (Å²) in [4.78, 5) is 0. The Morgan fingerprint density at radius 3 is 2.56 bits per heavy atom. The van der Waals surface area contributed by atoms with Crippen molar-refractivity contribution in [2.75, 3.05) is 0 Å². The topological polar surface area (TPSA) is 0 Å². The van der Waals surface area contributed by atoms with E-state index in [4.69, 9.17) is 0 Å². The normalized spacial score (nSPS) is 16.1. The minimum Gasteiger partial charge on any atom is -0.0807 e. The number of allylic oxidation sites excluding steroid dienone is 2. The summed E-state index contributed by atoms with van der Waals surface area (Å²) in [5, 5.41) is 0. The molecule has 3 aliphatic rings. The summed E-state index contributed by atoms with van der Waals surface area (Å²) in [6.45, 7) is 0.